The number of rotatable bonds is 3. The van der Waals surface area contributed by atoms with E-state index in [1.807, 2.05) is 0 Å². The molecule has 3 fully saturated rings. The third-order valence-electron chi connectivity index (χ3n) is 5.30. The quantitative estimate of drug-likeness (QED) is 0.754. The number of fused-ring (bicyclic) bond motifs is 1. The molecule has 15 heavy (non-hydrogen) atoms. The summed E-state index contributed by atoms with van der Waals surface area (Å²) < 4.78 is 0. The van der Waals surface area contributed by atoms with E-state index >= 15 is 0 Å². The van der Waals surface area contributed by atoms with Crippen LogP contribution in [-0.2, 0) is 0 Å². The molecule has 3 aliphatic rings. The van der Waals surface area contributed by atoms with Crippen molar-refractivity contribution in [3.8, 4) is 0 Å². The largest absolute Gasteiger partial charge is 0.327 e. The van der Waals surface area contributed by atoms with Gasteiger partial charge in [-0.25, -0.2) is 0 Å². The Bertz CT molecular complexity index is 207. The topological polar surface area (TPSA) is 26.0 Å². The van der Waals surface area contributed by atoms with Gasteiger partial charge in [-0.1, -0.05) is 38.5 Å². The summed E-state index contributed by atoms with van der Waals surface area (Å²) in [7, 11) is 0. The van der Waals surface area contributed by atoms with Crippen LogP contribution in [-0.4, -0.2) is 6.04 Å². The maximum atomic E-state index is 6.42. The molecule has 0 saturated heterocycles. The summed E-state index contributed by atoms with van der Waals surface area (Å²) >= 11 is 0. The van der Waals surface area contributed by atoms with Crippen molar-refractivity contribution in [1.29, 1.82) is 0 Å². The van der Waals surface area contributed by atoms with Crippen molar-refractivity contribution in [3.63, 3.8) is 0 Å². The van der Waals surface area contributed by atoms with Crippen molar-refractivity contribution >= 4 is 0 Å². The van der Waals surface area contributed by atoms with Crippen LogP contribution in [0.5, 0.6) is 0 Å². The first-order valence-corrected chi connectivity index (χ1v) is 7.12. The molecule has 3 rings (SSSR count). The van der Waals surface area contributed by atoms with Crippen LogP contribution >= 0.6 is 0 Å². The van der Waals surface area contributed by atoms with Gasteiger partial charge in [0.2, 0.25) is 0 Å². The van der Waals surface area contributed by atoms with E-state index in [2.05, 4.69) is 0 Å². The molecule has 86 valence electrons. The Balaban J connectivity index is 1.50. The summed E-state index contributed by atoms with van der Waals surface area (Å²) in [5.74, 6) is 4.03. The molecule has 0 aliphatic heterocycles. The van der Waals surface area contributed by atoms with Gasteiger partial charge in [0.15, 0.2) is 0 Å². The van der Waals surface area contributed by atoms with E-state index in [0.29, 0.717) is 6.04 Å². The van der Waals surface area contributed by atoms with Gasteiger partial charge in [0, 0.05) is 6.04 Å². The lowest BCUT2D eigenvalue weighted by Gasteiger charge is -2.16. The highest BCUT2D eigenvalue weighted by Gasteiger charge is 2.53. The first kappa shape index (κ1) is 10.1. The van der Waals surface area contributed by atoms with E-state index in [-0.39, 0.29) is 0 Å². The molecule has 2 N–H and O–H groups in total. The lowest BCUT2D eigenvalue weighted by molar-refractivity contribution is 0.398. The van der Waals surface area contributed by atoms with Crippen molar-refractivity contribution in [1.82, 2.24) is 0 Å². The predicted octanol–water partition coefficient (Wildman–Crippen LogP) is 3.33. The van der Waals surface area contributed by atoms with Crippen LogP contribution in [0, 0.1) is 23.7 Å². The van der Waals surface area contributed by atoms with E-state index in [1.165, 1.54) is 57.8 Å². The van der Waals surface area contributed by atoms with Crippen molar-refractivity contribution in [3.05, 3.63) is 0 Å². The molecule has 3 unspecified atom stereocenters. The van der Waals surface area contributed by atoms with Crippen LogP contribution in [0.2, 0.25) is 0 Å². The van der Waals surface area contributed by atoms with Gasteiger partial charge < -0.3 is 5.73 Å². The molecule has 0 bridgehead atoms. The van der Waals surface area contributed by atoms with Gasteiger partial charge in [-0.2, -0.15) is 0 Å². The SMILES string of the molecule is NC(CC1CCCC1)C1C2CCCCC21. The second-order valence-electron chi connectivity index (χ2n) is 6.24. The summed E-state index contributed by atoms with van der Waals surface area (Å²) in [6, 6.07) is 0.557. The van der Waals surface area contributed by atoms with Gasteiger partial charge in [0.05, 0.1) is 0 Å². The molecule has 0 spiro atoms. The van der Waals surface area contributed by atoms with Crippen LogP contribution in [0.15, 0.2) is 0 Å². The monoisotopic (exact) mass is 207 g/mol. The fourth-order valence-corrected chi connectivity index (χ4v) is 4.47. The Labute approximate surface area is 93.8 Å². The molecular formula is C14H25N. The van der Waals surface area contributed by atoms with Crippen molar-refractivity contribution < 1.29 is 0 Å². The zero-order valence-corrected chi connectivity index (χ0v) is 9.83. The highest BCUT2D eigenvalue weighted by molar-refractivity contribution is 5.04. The van der Waals surface area contributed by atoms with Crippen LogP contribution in [0.3, 0.4) is 0 Å². The summed E-state index contributed by atoms with van der Waals surface area (Å²) in [6.45, 7) is 0. The van der Waals surface area contributed by atoms with E-state index in [9.17, 15) is 0 Å². The average molecular weight is 207 g/mol. The fraction of sp³-hybridized carbons (Fsp3) is 1.00. The highest BCUT2D eigenvalue weighted by atomic mass is 14.7. The summed E-state index contributed by atoms with van der Waals surface area (Å²) in [5, 5.41) is 0. The lowest BCUT2D eigenvalue weighted by Crippen LogP contribution is -2.26. The lowest BCUT2D eigenvalue weighted by atomic mass is 9.95. The van der Waals surface area contributed by atoms with Gasteiger partial charge >= 0.3 is 0 Å². The zero-order valence-electron chi connectivity index (χ0n) is 9.83. The van der Waals surface area contributed by atoms with E-state index in [4.69, 9.17) is 5.73 Å². The minimum absolute atomic E-state index is 0.557. The van der Waals surface area contributed by atoms with Gasteiger partial charge in [-0.05, 0) is 42.9 Å². The summed E-state index contributed by atoms with van der Waals surface area (Å²) in [5.41, 5.74) is 6.42. The Kier molecular flexibility index (Phi) is 2.76. The number of hydrogen-bond acceptors (Lipinski definition) is 1. The molecule has 0 aromatic heterocycles. The Morgan fingerprint density at radius 2 is 1.40 bits per heavy atom. The molecule has 0 aromatic rings. The Hall–Kier alpha value is -0.0400. The molecule has 0 aromatic carbocycles. The van der Waals surface area contributed by atoms with Crippen molar-refractivity contribution in [2.24, 2.45) is 29.4 Å². The maximum Gasteiger partial charge on any atom is 0.00753 e. The highest BCUT2D eigenvalue weighted by Crippen LogP contribution is 2.57. The second-order valence-corrected chi connectivity index (χ2v) is 6.24. The molecule has 3 saturated carbocycles. The molecule has 0 radical (unpaired) electrons. The van der Waals surface area contributed by atoms with Crippen LogP contribution < -0.4 is 5.73 Å². The minimum Gasteiger partial charge on any atom is -0.327 e. The maximum absolute atomic E-state index is 6.42. The van der Waals surface area contributed by atoms with Crippen molar-refractivity contribution in [2.45, 2.75) is 63.8 Å². The van der Waals surface area contributed by atoms with Gasteiger partial charge in [0.1, 0.15) is 0 Å². The summed E-state index contributed by atoms with van der Waals surface area (Å²) in [4.78, 5) is 0. The normalized spacial score (nSPS) is 42.6. The van der Waals surface area contributed by atoms with Crippen LogP contribution in [0.1, 0.15) is 57.8 Å². The molecule has 0 amide bonds. The third kappa shape index (κ3) is 1.95. The molecule has 0 heterocycles. The Morgan fingerprint density at radius 3 is 2.00 bits per heavy atom. The average Bonchev–Trinajstić information content (AvgIpc) is 2.77. The van der Waals surface area contributed by atoms with Gasteiger partial charge in [0.25, 0.3) is 0 Å². The third-order valence-corrected chi connectivity index (χ3v) is 5.30. The first-order chi connectivity index (χ1) is 7.36. The number of nitrogens with two attached hydrogens (primary N) is 1. The minimum atomic E-state index is 0.557. The molecular weight excluding hydrogens is 182 g/mol. The Morgan fingerprint density at radius 1 is 0.867 bits per heavy atom. The zero-order chi connectivity index (χ0) is 10.3. The smallest absolute Gasteiger partial charge is 0.00753 e. The number of hydrogen-bond donors (Lipinski definition) is 1. The van der Waals surface area contributed by atoms with E-state index < -0.39 is 0 Å². The molecule has 1 heteroatoms. The molecule has 3 aliphatic carbocycles. The van der Waals surface area contributed by atoms with Gasteiger partial charge in [-0.15, -0.1) is 0 Å². The predicted molar refractivity (Wildman–Crippen MR) is 63.5 cm³/mol. The standard InChI is InChI=1S/C14H25N/c15-13(9-10-5-1-2-6-10)14-11-7-3-4-8-12(11)14/h10-14H,1-9,15H2. The second kappa shape index (κ2) is 4.08. The first-order valence-electron chi connectivity index (χ1n) is 7.12. The van der Waals surface area contributed by atoms with Gasteiger partial charge in [-0.3, -0.25) is 0 Å². The van der Waals surface area contributed by atoms with E-state index in [0.717, 1.165) is 23.7 Å². The van der Waals surface area contributed by atoms with Crippen LogP contribution in [0.4, 0.5) is 0 Å². The fourth-order valence-electron chi connectivity index (χ4n) is 4.47. The van der Waals surface area contributed by atoms with E-state index in [1.54, 1.807) is 0 Å². The molecule has 3 atom stereocenters. The summed E-state index contributed by atoms with van der Waals surface area (Å²) in [6.07, 6.45) is 13.2. The van der Waals surface area contributed by atoms with Crippen LogP contribution in [0.25, 0.3) is 0 Å². The van der Waals surface area contributed by atoms with Crippen molar-refractivity contribution in [2.75, 3.05) is 0 Å². The molecule has 1 nitrogen and oxygen atoms in total.